The highest BCUT2D eigenvalue weighted by molar-refractivity contribution is 7.05. The van der Waals surface area contributed by atoms with Crippen LogP contribution in [0, 0.1) is 12.7 Å². The number of hydrogen-bond acceptors (Lipinski definition) is 4. The molecule has 2 aromatic rings. The van der Waals surface area contributed by atoms with Crippen molar-refractivity contribution >= 4 is 11.5 Å². The van der Waals surface area contributed by atoms with Crippen LogP contribution in [0.5, 0.6) is 0 Å². The van der Waals surface area contributed by atoms with Gasteiger partial charge in [0.05, 0.1) is 10.6 Å². The molecule has 0 aliphatic heterocycles. The number of nitrogens with zero attached hydrogens (tertiary/aromatic N) is 2. The maximum Gasteiger partial charge on any atom is 0.126 e. The first-order valence-corrected chi connectivity index (χ1v) is 6.16. The number of benzene rings is 1. The van der Waals surface area contributed by atoms with Crippen molar-refractivity contribution in [2.45, 2.75) is 26.4 Å². The Morgan fingerprint density at radius 1 is 1.47 bits per heavy atom. The molecule has 0 spiro atoms. The van der Waals surface area contributed by atoms with Crippen LogP contribution in [0.25, 0.3) is 0 Å². The predicted octanol–water partition coefficient (Wildman–Crippen LogP) is 2.63. The van der Waals surface area contributed by atoms with E-state index in [0.717, 1.165) is 17.2 Å². The average molecular weight is 252 g/mol. The average Bonchev–Trinajstić information content (AvgIpc) is 2.80. The molecule has 1 heterocycles. The van der Waals surface area contributed by atoms with Gasteiger partial charge in [-0.1, -0.05) is 23.5 Å². The molecule has 3 nitrogen and oxygen atoms in total. The zero-order valence-corrected chi connectivity index (χ0v) is 10.5. The topological polar surface area (TPSA) is 46.0 Å². The van der Waals surface area contributed by atoms with Gasteiger partial charge in [0.25, 0.3) is 0 Å². The molecule has 1 aromatic heterocycles. The fourth-order valence-corrected chi connectivity index (χ4v) is 2.35. The van der Waals surface area contributed by atoms with E-state index < -0.39 is 6.10 Å². The molecule has 0 fully saturated rings. The number of aryl methyl sites for hydroxylation is 2. The molecule has 2 rings (SSSR count). The van der Waals surface area contributed by atoms with Gasteiger partial charge >= 0.3 is 0 Å². The van der Waals surface area contributed by atoms with Crippen LogP contribution in [0.1, 0.15) is 34.7 Å². The molecule has 1 unspecified atom stereocenters. The molecular weight excluding hydrogens is 239 g/mol. The maximum absolute atomic E-state index is 13.4. The summed E-state index contributed by atoms with van der Waals surface area (Å²) in [6, 6.07) is 4.75. The van der Waals surface area contributed by atoms with E-state index >= 15 is 0 Å². The van der Waals surface area contributed by atoms with E-state index in [2.05, 4.69) is 9.59 Å². The summed E-state index contributed by atoms with van der Waals surface area (Å²) in [6.45, 7) is 3.64. The van der Waals surface area contributed by atoms with Gasteiger partial charge in [-0.05, 0) is 42.1 Å². The zero-order chi connectivity index (χ0) is 12.4. The molecule has 0 saturated heterocycles. The molecule has 1 atom stereocenters. The van der Waals surface area contributed by atoms with E-state index in [4.69, 9.17) is 0 Å². The Morgan fingerprint density at radius 2 is 2.24 bits per heavy atom. The van der Waals surface area contributed by atoms with Gasteiger partial charge in [-0.2, -0.15) is 0 Å². The van der Waals surface area contributed by atoms with E-state index in [1.165, 1.54) is 6.07 Å². The summed E-state index contributed by atoms with van der Waals surface area (Å²) in [5.74, 6) is -0.308. The third-order valence-electron chi connectivity index (χ3n) is 2.68. The molecule has 0 amide bonds. The van der Waals surface area contributed by atoms with Gasteiger partial charge < -0.3 is 5.11 Å². The van der Waals surface area contributed by atoms with Crippen LogP contribution in [0.4, 0.5) is 4.39 Å². The molecule has 0 saturated carbocycles. The largest absolute Gasteiger partial charge is 0.383 e. The van der Waals surface area contributed by atoms with E-state index in [1.54, 1.807) is 19.1 Å². The highest BCUT2D eigenvalue weighted by Gasteiger charge is 2.18. The highest BCUT2D eigenvalue weighted by Crippen LogP contribution is 2.28. The van der Waals surface area contributed by atoms with Crippen molar-refractivity contribution in [1.82, 2.24) is 9.59 Å². The van der Waals surface area contributed by atoms with Gasteiger partial charge in [0, 0.05) is 0 Å². The third-order valence-corrected chi connectivity index (χ3v) is 3.50. The smallest absolute Gasteiger partial charge is 0.126 e. The molecular formula is C12H13FN2OS. The van der Waals surface area contributed by atoms with Gasteiger partial charge in [0.1, 0.15) is 11.9 Å². The van der Waals surface area contributed by atoms with Crippen molar-refractivity contribution in [2.24, 2.45) is 0 Å². The van der Waals surface area contributed by atoms with Gasteiger partial charge in [-0.3, -0.25) is 0 Å². The third kappa shape index (κ3) is 2.35. The first-order valence-electron chi connectivity index (χ1n) is 5.38. The number of aliphatic hydroxyl groups excluding tert-OH is 1. The summed E-state index contributed by atoms with van der Waals surface area (Å²) in [4.78, 5) is 0.691. The second kappa shape index (κ2) is 4.89. The van der Waals surface area contributed by atoms with E-state index in [0.29, 0.717) is 22.4 Å². The van der Waals surface area contributed by atoms with Crippen LogP contribution in [0.2, 0.25) is 0 Å². The first kappa shape index (κ1) is 12.1. The standard InChI is InChI=1S/C12H13FN2OS/c1-3-10-12(17-15-14-10)11(16)8-5-4-7(2)9(13)6-8/h4-6,11,16H,3H2,1-2H3. The van der Waals surface area contributed by atoms with Crippen LogP contribution in [-0.2, 0) is 6.42 Å². The van der Waals surface area contributed by atoms with E-state index in [9.17, 15) is 9.50 Å². The summed E-state index contributed by atoms with van der Waals surface area (Å²) >= 11 is 1.15. The fraction of sp³-hybridized carbons (Fsp3) is 0.333. The Bertz CT molecular complexity index is 527. The van der Waals surface area contributed by atoms with Gasteiger partial charge in [-0.15, -0.1) is 5.10 Å². The lowest BCUT2D eigenvalue weighted by Crippen LogP contribution is -2.01. The van der Waals surface area contributed by atoms with Crippen molar-refractivity contribution in [3.05, 3.63) is 45.7 Å². The molecule has 0 aliphatic rings. The monoisotopic (exact) mass is 252 g/mol. The molecule has 1 aromatic carbocycles. The van der Waals surface area contributed by atoms with Crippen molar-refractivity contribution in [3.63, 3.8) is 0 Å². The van der Waals surface area contributed by atoms with Crippen molar-refractivity contribution in [3.8, 4) is 0 Å². The highest BCUT2D eigenvalue weighted by atomic mass is 32.1. The van der Waals surface area contributed by atoms with Crippen molar-refractivity contribution in [2.75, 3.05) is 0 Å². The summed E-state index contributed by atoms with van der Waals surface area (Å²) < 4.78 is 17.2. The van der Waals surface area contributed by atoms with Crippen LogP contribution in [0.3, 0.4) is 0 Å². The van der Waals surface area contributed by atoms with Crippen LogP contribution in [-0.4, -0.2) is 14.7 Å². The van der Waals surface area contributed by atoms with Crippen molar-refractivity contribution in [1.29, 1.82) is 0 Å². The van der Waals surface area contributed by atoms with Gasteiger partial charge in [0.15, 0.2) is 0 Å². The number of halogens is 1. The Labute approximate surface area is 103 Å². The lowest BCUT2D eigenvalue weighted by Gasteiger charge is -2.10. The fourth-order valence-electron chi connectivity index (χ4n) is 1.60. The molecule has 1 N–H and O–H groups in total. The van der Waals surface area contributed by atoms with E-state index in [1.807, 2.05) is 6.92 Å². The Balaban J connectivity index is 2.36. The minimum absolute atomic E-state index is 0.308. The summed E-state index contributed by atoms with van der Waals surface area (Å²) in [5.41, 5.74) is 1.87. The molecule has 0 aliphatic carbocycles. The summed E-state index contributed by atoms with van der Waals surface area (Å²) in [7, 11) is 0. The molecule has 90 valence electrons. The summed E-state index contributed by atoms with van der Waals surface area (Å²) in [6.07, 6.45) is -0.142. The quantitative estimate of drug-likeness (QED) is 0.913. The molecule has 5 heteroatoms. The van der Waals surface area contributed by atoms with Gasteiger partial charge in [0.2, 0.25) is 0 Å². The Morgan fingerprint density at radius 3 is 2.88 bits per heavy atom. The Kier molecular flexibility index (Phi) is 3.49. The summed E-state index contributed by atoms with van der Waals surface area (Å²) in [5, 5.41) is 14.1. The second-order valence-electron chi connectivity index (χ2n) is 3.85. The number of aromatic nitrogens is 2. The van der Waals surface area contributed by atoms with Gasteiger partial charge in [-0.25, -0.2) is 4.39 Å². The van der Waals surface area contributed by atoms with Crippen LogP contribution < -0.4 is 0 Å². The lowest BCUT2D eigenvalue weighted by atomic mass is 10.0. The van der Waals surface area contributed by atoms with E-state index in [-0.39, 0.29) is 5.82 Å². The zero-order valence-electron chi connectivity index (χ0n) is 9.64. The SMILES string of the molecule is CCc1nnsc1C(O)c1ccc(C)c(F)c1. The number of hydrogen-bond donors (Lipinski definition) is 1. The lowest BCUT2D eigenvalue weighted by molar-refractivity contribution is 0.222. The predicted molar refractivity (Wildman–Crippen MR) is 64.5 cm³/mol. The molecule has 17 heavy (non-hydrogen) atoms. The number of rotatable bonds is 3. The minimum Gasteiger partial charge on any atom is -0.383 e. The van der Waals surface area contributed by atoms with Crippen LogP contribution in [0.15, 0.2) is 18.2 Å². The number of aliphatic hydroxyl groups is 1. The Hall–Kier alpha value is -1.33. The first-order chi connectivity index (χ1) is 8.13. The minimum atomic E-state index is -0.847. The molecule has 0 radical (unpaired) electrons. The maximum atomic E-state index is 13.4. The second-order valence-corrected chi connectivity index (χ2v) is 4.63. The van der Waals surface area contributed by atoms with Crippen molar-refractivity contribution < 1.29 is 9.50 Å². The normalized spacial score (nSPS) is 12.7. The molecule has 0 bridgehead atoms. The van der Waals surface area contributed by atoms with Crippen LogP contribution >= 0.6 is 11.5 Å².